The Kier molecular flexibility index (Phi) is 29.1. The number of hydrogen-bond donors (Lipinski definition) is 3. The lowest BCUT2D eigenvalue weighted by Crippen LogP contribution is -2.45. The second-order valence-electron chi connectivity index (χ2n) is 10.9. The molecule has 1 amide bonds. The van der Waals surface area contributed by atoms with Gasteiger partial charge in [-0.1, -0.05) is 127 Å². The van der Waals surface area contributed by atoms with Crippen LogP contribution in [0.3, 0.4) is 0 Å². The van der Waals surface area contributed by atoms with Crippen molar-refractivity contribution in [2.75, 3.05) is 6.61 Å². The number of aliphatic hydroxyl groups is 2. The number of amides is 1. The van der Waals surface area contributed by atoms with Crippen LogP contribution in [0.15, 0.2) is 36.5 Å². The molecule has 0 aromatic rings. The van der Waals surface area contributed by atoms with E-state index in [0.717, 1.165) is 44.9 Å². The Labute approximate surface area is 236 Å². The van der Waals surface area contributed by atoms with Crippen molar-refractivity contribution >= 4 is 5.91 Å². The Morgan fingerprint density at radius 3 is 1.53 bits per heavy atom. The molecule has 0 saturated heterocycles. The van der Waals surface area contributed by atoms with Crippen molar-refractivity contribution in [1.29, 1.82) is 0 Å². The minimum atomic E-state index is -0.864. The van der Waals surface area contributed by atoms with Crippen molar-refractivity contribution in [3.8, 4) is 0 Å². The maximum absolute atomic E-state index is 12.2. The summed E-state index contributed by atoms with van der Waals surface area (Å²) in [5.74, 6) is -0.0941. The summed E-state index contributed by atoms with van der Waals surface area (Å²) in [7, 11) is 0. The second-order valence-corrected chi connectivity index (χ2v) is 10.9. The lowest BCUT2D eigenvalue weighted by Gasteiger charge is -2.19. The molecule has 2 unspecified atom stereocenters. The molecule has 4 heteroatoms. The van der Waals surface area contributed by atoms with E-state index >= 15 is 0 Å². The molecule has 0 spiro atoms. The predicted octanol–water partition coefficient (Wildman–Crippen LogP) is 9.12. The molecule has 0 rings (SSSR count). The molecule has 38 heavy (non-hydrogen) atoms. The Balaban J connectivity index is 3.76. The molecule has 0 fully saturated rings. The molecule has 0 aliphatic heterocycles. The highest BCUT2D eigenvalue weighted by Gasteiger charge is 2.17. The fourth-order valence-corrected chi connectivity index (χ4v) is 4.54. The molecular weight excluding hydrogens is 470 g/mol. The van der Waals surface area contributed by atoms with Crippen molar-refractivity contribution in [3.05, 3.63) is 36.5 Å². The largest absolute Gasteiger partial charge is 0.394 e. The average Bonchev–Trinajstić information content (AvgIpc) is 2.92. The summed E-state index contributed by atoms with van der Waals surface area (Å²) in [4.78, 5) is 12.2. The quantitative estimate of drug-likeness (QED) is 0.0693. The summed E-state index contributed by atoms with van der Waals surface area (Å²) in [6, 6.07) is -0.642. The molecule has 0 heterocycles. The zero-order valence-corrected chi connectivity index (χ0v) is 25.2. The maximum Gasteiger partial charge on any atom is 0.220 e. The van der Waals surface area contributed by atoms with Gasteiger partial charge in [-0.05, 0) is 57.8 Å². The van der Waals surface area contributed by atoms with Crippen molar-refractivity contribution in [2.24, 2.45) is 0 Å². The summed E-state index contributed by atoms with van der Waals surface area (Å²) < 4.78 is 0. The first kappa shape index (κ1) is 36.6. The Morgan fingerprint density at radius 2 is 1.03 bits per heavy atom. The third-order valence-electron chi connectivity index (χ3n) is 7.10. The van der Waals surface area contributed by atoms with Gasteiger partial charge in [-0.15, -0.1) is 0 Å². The minimum absolute atomic E-state index is 0.0941. The van der Waals surface area contributed by atoms with Gasteiger partial charge in [-0.3, -0.25) is 4.79 Å². The number of hydrogen-bond acceptors (Lipinski definition) is 3. The van der Waals surface area contributed by atoms with Crippen molar-refractivity contribution in [2.45, 2.75) is 167 Å². The third-order valence-corrected chi connectivity index (χ3v) is 7.10. The molecule has 2 atom stereocenters. The molecule has 0 radical (unpaired) electrons. The number of rotatable bonds is 28. The van der Waals surface area contributed by atoms with Gasteiger partial charge in [0, 0.05) is 6.42 Å². The van der Waals surface area contributed by atoms with Gasteiger partial charge in [0.05, 0.1) is 18.8 Å². The minimum Gasteiger partial charge on any atom is -0.394 e. The first-order chi connectivity index (χ1) is 18.7. The van der Waals surface area contributed by atoms with Crippen LogP contribution < -0.4 is 5.32 Å². The number of carbonyl (C=O) groups is 1. The van der Waals surface area contributed by atoms with Crippen molar-refractivity contribution in [3.63, 3.8) is 0 Å². The number of unbranched alkanes of at least 4 members (excludes halogenated alkanes) is 17. The lowest BCUT2D eigenvalue weighted by atomic mass is 10.1. The van der Waals surface area contributed by atoms with Gasteiger partial charge >= 0.3 is 0 Å². The number of nitrogens with one attached hydrogen (secondary N) is 1. The van der Waals surface area contributed by atoms with Crippen LogP contribution in [0.4, 0.5) is 0 Å². The number of allylic oxidation sites excluding steroid dienone is 5. The molecule has 0 bridgehead atoms. The van der Waals surface area contributed by atoms with E-state index in [2.05, 4.69) is 43.5 Å². The summed E-state index contributed by atoms with van der Waals surface area (Å²) in [5.41, 5.74) is 0. The highest BCUT2D eigenvalue weighted by molar-refractivity contribution is 5.76. The average molecular weight is 534 g/mol. The monoisotopic (exact) mass is 533 g/mol. The highest BCUT2D eigenvalue weighted by Crippen LogP contribution is 2.10. The third kappa shape index (κ3) is 26.2. The van der Waals surface area contributed by atoms with Crippen LogP contribution in [-0.2, 0) is 4.79 Å². The molecule has 0 aliphatic carbocycles. The van der Waals surface area contributed by atoms with Crippen LogP contribution in [0.1, 0.15) is 155 Å². The van der Waals surface area contributed by atoms with Gasteiger partial charge in [0.25, 0.3) is 0 Å². The van der Waals surface area contributed by atoms with E-state index in [1.807, 2.05) is 6.08 Å². The highest BCUT2D eigenvalue weighted by atomic mass is 16.3. The van der Waals surface area contributed by atoms with Crippen molar-refractivity contribution in [1.82, 2.24) is 5.32 Å². The zero-order chi connectivity index (χ0) is 27.9. The van der Waals surface area contributed by atoms with Gasteiger partial charge in [-0.25, -0.2) is 0 Å². The van der Waals surface area contributed by atoms with E-state index in [1.54, 1.807) is 6.08 Å². The number of aliphatic hydroxyl groups excluding tert-OH is 2. The van der Waals surface area contributed by atoms with Crippen LogP contribution in [0.5, 0.6) is 0 Å². The van der Waals surface area contributed by atoms with E-state index in [9.17, 15) is 15.0 Å². The number of carbonyl (C=O) groups excluding carboxylic acids is 1. The molecule has 0 aliphatic rings. The van der Waals surface area contributed by atoms with E-state index in [0.29, 0.717) is 6.42 Å². The van der Waals surface area contributed by atoms with E-state index in [4.69, 9.17) is 0 Å². The second kappa shape index (κ2) is 30.2. The van der Waals surface area contributed by atoms with Gasteiger partial charge in [0.1, 0.15) is 0 Å². The SMILES string of the molecule is CCCCCCCC/C=C\CCCCCC(=O)NC(CO)C(O)/C=C/CC/C=C/CCCCCCCCC. The topological polar surface area (TPSA) is 69.6 Å². The molecule has 0 saturated carbocycles. The Hall–Kier alpha value is -1.39. The van der Waals surface area contributed by atoms with Crippen LogP contribution in [-0.4, -0.2) is 34.9 Å². The first-order valence-corrected chi connectivity index (χ1v) is 16.2. The summed E-state index contributed by atoms with van der Waals surface area (Å²) >= 11 is 0. The van der Waals surface area contributed by atoms with E-state index < -0.39 is 12.1 Å². The van der Waals surface area contributed by atoms with E-state index in [-0.39, 0.29) is 12.5 Å². The molecule has 222 valence electrons. The maximum atomic E-state index is 12.2. The standard InChI is InChI=1S/C34H63NO3/c1-3-5-7-9-11-13-15-17-19-21-23-25-27-29-33(37)32(31-36)35-34(38)30-28-26-24-22-20-18-16-14-12-10-8-6-4-2/h18-21,27,29,32-33,36-37H,3-17,22-26,28,30-31H2,1-2H3,(H,35,38)/b20-18-,21-19+,29-27+. The van der Waals surface area contributed by atoms with Crippen LogP contribution in [0.25, 0.3) is 0 Å². The van der Waals surface area contributed by atoms with Gasteiger partial charge < -0.3 is 15.5 Å². The molecular formula is C34H63NO3. The molecule has 0 aromatic heterocycles. The predicted molar refractivity (Wildman–Crippen MR) is 165 cm³/mol. The fraction of sp³-hybridized carbons (Fsp3) is 0.794. The van der Waals surface area contributed by atoms with Crippen LogP contribution >= 0.6 is 0 Å². The summed E-state index contributed by atoms with van der Waals surface area (Å²) in [6.45, 7) is 4.24. The van der Waals surface area contributed by atoms with Crippen LogP contribution in [0.2, 0.25) is 0 Å². The molecule has 4 nitrogen and oxygen atoms in total. The smallest absolute Gasteiger partial charge is 0.220 e. The van der Waals surface area contributed by atoms with Gasteiger partial charge in [-0.2, -0.15) is 0 Å². The zero-order valence-electron chi connectivity index (χ0n) is 25.2. The van der Waals surface area contributed by atoms with Crippen LogP contribution in [0, 0.1) is 0 Å². The molecule has 3 N–H and O–H groups in total. The fourth-order valence-electron chi connectivity index (χ4n) is 4.54. The Bertz CT molecular complexity index is 584. The lowest BCUT2D eigenvalue weighted by molar-refractivity contribution is -0.123. The first-order valence-electron chi connectivity index (χ1n) is 16.2. The molecule has 0 aromatic carbocycles. The summed E-state index contributed by atoms with van der Waals surface area (Å²) in [5, 5.41) is 22.7. The normalized spacial score (nSPS) is 13.7. The van der Waals surface area contributed by atoms with E-state index in [1.165, 1.54) is 89.9 Å². The van der Waals surface area contributed by atoms with Gasteiger partial charge in [0.15, 0.2) is 0 Å². The summed E-state index contributed by atoms with van der Waals surface area (Å²) in [6.07, 6.45) is 37.9. The van der Waals surface area contributed by atoms with Gasteiger partial charge in [0.2, 0.25) is 5.91 Å². The van der Waals surface area contributed by atoms with Crippen molar-refractivity contribution < 1.29 is 15.0 Å². The Morgan fingerprint density at radius 1 is 0.605 bits per heavy atom.